The summed E-state index contributed by atoms with van der Waals surface area (Å²) < 4.78 is 0.435. The lowest BCUT2D eigenvalue weighted by Crippen LogP contribution is -2.41. The van der Waals surface area contributed by atoms with E-state index in [2.05, 4.69) is 10.9 Å². The summed E-state index contributed by atoms with van der Waals surface area (Å²) in [6, 6.07) is 12.8. The van der Waals surface area contributed by atoms with Gasteiger partial charge in [0.1, 0.15) is 4.32 Å². The maximum Gasteiger partial charge on any atom is 0.269 e. The normalized spacial score (nSPS) is 14.5. The van der Waals surface area contributed by atoms with E-state index < -0.39 is 16.7 Å². The molecule has 0 radical (unpaired) electrons. The molecule has 1 aliphatic rings. The third-order valence-corrected chi connectivity index (χ3v) is 6.07. The Morgan fingerprint density at radius 3 is 2.42 bits per heavy atom. The number of non-ortho nitro benzene ring substituents is 1. The largest absolute Gasteiger partial charge is 0.293 e. The fourth-order valence-electron chi connectivity index (χ4n) is 2.90. The summed E-state index contributed by atoms with van der Waals surface area (Å²) >= 11 is 6.53. The third-order valence-electron chi connectivity index (χ3n) is 4.69. The van der Waals surface area contributed by atoms with Crippen LogP contribution in [0.15, 0.2) is 53.4 Å². The van der Waals surface area contributed by atoms with Crippen LogP contribution in [0.5, 0.6) is 0 Å². The Hall–Kier alpha value is -3.57. The molecule has 0 spiro atoms. The zero-order chi connectivity index (χ0) is 24.0. The molecule has 33 heavy (non-hydrogen) atoms. The quantitative estimate of drug-likeness (QED) is 0.267. The second-order valence-corrected chi connectivity index (χ2v) is 8.83. The van der Waals surface area contributed by atoms with Gasteiger partial charge in [-0.05, 0) is 37.1 Å². The first-order valence-corrected chi connectivity index (χ1v) is 11.1. The molecule has 3 amide bonds. The highest BCUT2D eigenvalue weighted by Gasteiger charge is 2.31. The minimum atomic E-state index is -0.601. The summed E-state index contributed by atoms with van der Waals surface area (Å²) in [7, 11) is 0. The van der Waals surface area contributed by atoms with Gasteiger partial charge in [0.25, 0.3) is 17.5 Å². The van der Waals surface area contributed by atoms with Crippen molar-refractivity contribution in [1.82, 2.24) is 15.8 Å². The molecule has 0 aromatic heterocycles. The molecule has 11 heteroatoms. The number of nitro groups is 1. The molecule has 0 atom stereocenters. The maximum absolute atomic E-state index is 12.7. The van der Waals surface area contributed by atoms with Crippen molar-refractivity contribution in [1.29, 1.82) is 0 Å². The molecule has 1 aliphatic heterocycles. The second-order valence-electron chi connectivity index (χ2n) is 7.15. The van der Waals surface area contributed by atoms with E-state index >= 15 is 0 Å². The van der Waals surface area contributed by atoms with Crippen LogP contribution in [0.4, 0.5) is 5.69 Å². The van der Waals surface area contributed by atoms with Crippen molar-refractivity contribution in [2.75, 3.05) is 6.54 Å². The van der Waals surface area contributed by atoms with E-state index in [1.54, 1.807) is 6.08 Å². The van der Waals surface area contributed by atoms with E-state index in [0.717, 1.165) is 11.1 Å². The van der Waals surface area contributed by atoms with Gasteiger partial charge in [-0.15, -0.1) is 0 Å². The van der Waals surface area contributed by atoms with Gasteiger partial charge in [-0.1, -0.05) is 53.8 Å². The van der Waals surface area contributed by atoms with Crippen LogP contribution >= 0.6 is 24.0 Å². The summed E-state index contributed by atoms with van der Waals surface area (Å²) in [4.78, 5) is 48.8. The molecule has 9 nitrogen and oxygen atoms in total. The number of amides is 3. The molecule has 2 aromatic rings. The first kappa shape index (κ1) is 24.1. The first-order valence-electron chi connectivity index (χ1n) is 9.90. The van der Waals surface area contributed by atoms with Crippen molar-refractivity contribution in [3.63, 3.8) is 0 Å². The van der Waals surface area contributed by atoms with E-state index in [1.807, 2.05) is 31.2 Å². The Balaban J connectivity index is 1.44. The molecule has 0 saturated carbocycles. The number of aryl methyl sites for hydroxylation is 1. The number of thiocarbonyl (C=S) groups is 1. The second kappa shape index (κ2) is 10.8. The van der Waals surface area contributed by atoms with Crippen molar-refractivity contribution in [3.05, 3.63) is 80.2 Å². The summed E-state index contributed by atoms with van der Waals surface area (Å²) in [5.41, 5.74) is 6.60. The van der Waals surface area contributed by atoms with Crippen LogP contribution < -0.4 is 10.9 Å². The van der Waals surface area contributed by atoms with Gasteiger partial charge in [0.15, 0.2) is 0 Å². The van der Waals surface area contributed by atoms with Gasteiger partial charge >= 0.3 is 0 Å². The average Bonchev–Trinajstić information content (AvgIpc) is 3.06. The minimum Gasteiger partial charge on any atom is -0.293 e. The Labute approximate surface area is 199 Å². The zero-order valence-electron chi connectivity index (χ0n) is 17.6. The topological polar surface area (TPSA) is 122 Å². The van der Waals surface area contributed by atoms with E-state index in [1.165, 1.54) is 40.9 Å². The average molecular weight is 485 g/mol. The number of nitrogens with one attached hydrogen (secondary N) is 2. The van der Waals surface area contributed by atoms with Gasteiger partial charge in [-0.2, -0.15) is 0 Å². The summed E-state index contributed by atoms with van der Waals surface area (Å²) in [5.74, 6) is -1.24. The summed E-state index contributed by atoms with van der Waals surface area (Å²) in [5, 5.41) is 10.7. The smallest absolute Gasteiger partial charge is 0.269 e. The van der Waals surface area contributed by atoms with Crippen LogP contribution in [0.25, 0.3) is 6.08 Å². The number of thioether (sulfide) groups is 1. The lowest BCUT2D eigenvalue weighted by Gasteiger charge is -2.14. The Morgan fingerprint density at radius 2 is 1.79 bits per heavy atom. The van der Waals surface area contributed by atoms with E-state index in [-0.39, 0.29) is 30.1 Å². The van der Waals surface area contributed by atoms with Crippen molar-refractivity contribution in [2.45, 2.75) is 19.8 Å². The van der Waals surface area contributed by atoms with Crippen LogP contribution in [0.3, 0.4) is 0 Å². The monoisotopic (exact) mass is 484 g/mol. The van der Waals surface area contributed by atoms with Crippen LogP contribution in [0.2, 0.25) is 0 Å². The number of hydrogen-bond donors (Lipinski definition) is 2. The molecule has 3 rings (SSSR count). The van der Waals surface area contributed by atoms with Crippen LogP contribution in [-0.2, 0) is 9.59 Å². The number of rotatable bonds is 7. The predicted octanol–water partition coefficient (Wildman–Crippen LogP) is 3.35. The number of nitrogens with zero attached hydrogens (tertiary/aromatic N) is 2. The number of benzene rings is 2. The number of nitro benzene ring substituents is 1. The van der Waals surface area contributed by atoms with Crippen molar-refractivity contribution < 1.29 is 19.3 Å². The summed E-state index contributed by atoms with van der Waals surface area (Å²) in [6.07, 6.45) is 2.21. The van der Waals surface area contributed by atoms with Crippen LogP contribution in [0.1, 0.15) is 34.3 Å². The van der Waals surface area contributed by atoms with Gasteiger partial charge in [0.2, 0.25) is 5.91 Å². The standard InChI is InChI=1S/C22H20N4O5S2/c1-14-4-6-15(7-5-14)13-18-21(29)25(22(32)33-18)12-2-3-19(27)23-24-20(28)16-8-10-17(11-9-16)26(30)31/h4-11,13H,2-3,12H2,1H3,(H,23,27)(H,24,28). The van der Waals surface area contributed by atoms with Gasteiger partial charge in [-0.25, -0.2) is 0 Å². The fourth-order valence-corrected chi connectivity index (χ4v) is 4.21. The molecule has 0 unspecified atom stereocenters. The fraction of sp³-hybridized carbons (Fsp3) is 0.182. The molecule has 1 fully saturated rings. The molecule has 2 aromatic carbocycles. The molecular formula is C22H20N4O5S2. The minimum absolute atomic E-state index is 0.0641. The van der Waals surface area contributed by atoms with E-state index in [4.69, 9.17) is 12.2 Å². The Kier molecular flexibility index (Phi) is 7.91. The van der Waals surface area contributed by atoms with Gasteiger partial charge in [0.05, 0.1) is 9.83 Å². The zero-order valence-corrected chi connectivity index (χ0v) is 19.2. The number of carbonyl (C=O) groups excluding carboxylic acids is 3. The molecule has 1 heterocycles. The van der Waals surface area contributed by atoms with Gasteiger partial charge in [-0.3, -0.25) is 40.2 Å². The van der Waals surface area contributed by atoms with Crippen LogP contribution in [0, 0.1) is 17.0 Å². The number of hydrazine groups is 1. The SMILES string of the molecule is Cc1ccc(C=C2SC(=S)N(CCCC(=O)NNC(=O)c3ccc([N+](=O)[O-])cc3)C2=O)cc1. The molecule has 1 saturated heterocycles. The Bertz CT molecular complexity index is 1130. The molecule has 0 aliphatic carbocycles. The Morgan fingerprint density at radius 1 is 1.12 bits per heavy atom. The highest BCUT2D eigenvalue weighted by Crippen LogP contribution is 2.32. The lowest BCUT2D eigenvalue weighted by molar-refractivity contribution is -0.384. The molecule has 2 N–H and O–H groups in total. The van der Waals surface area contributed by atoms with Crippen molar-refractivity contribution in [3.8, 4) is 0 Å². The predicted molar refractivity (Wildman–Crippen MR) is 129 cm³/mol. The molecule has 170 valence electrons. The summed E-state index contributed by atoms with van der Waals surface area (Å²) in [6.45, 7) is 2.26. The highest BCUT2D eigenvalue weighted by molar-refractivity contribution is 8.26. The van der Waals surface area contributed by atoms with Gasteiger partial charge in [0, 0.05) is 30.7 Å². The number of carbonyl (C=O) groups is 3. The van der Waals surface area contributed by atoms with Crippen LogP contribution in [-0.4, -0.2) is 38.4 Å². The van der Waals surface area contributed by atoms with Crippen molar-refractivity contribution >= 4 is 57.8 Å². The van der Waals surface area contributed by atoms with E-state index in [0.29, 0.717) is 15.6 Å². The first-order chi connectivity index (χ1) is 15.7. The third kappa shape index (κ3) is 6.46. The maximum atomic E-state index is 12.7. The molecular weight excluding hydrogens is 464 g/mol. The van der Waals surface area contributed by atoms with E-state index in [9.17, 15) is 24.5 Å². The van der Waals surface area contributed by atoms with Crippen molar-refractivity contribution in [2.24, 2.45) is 0 Å². The highest BCUT2D eigenvalue weighted by atomic mass is 32.2. The number of hydrogen-bond acceptors (Lipinski definition) is 7. The molecule has 0 bridgehead atoms. The van der Waals surface area contributed by atoms with Gasteiger partial charge < -0.3 is 0 Å². The lowest BCUT2D eigenvalue weighted by atomic mass is 10.1.